The Morgan fingerprint density at radius 3 is 1.54 bits per heavy atom. The van der Waals surface area contributed by atoms with Gasteiger partial charge in [0.05, 0.1) is 49.3 Å². The maximum atomic E-state index is 4.67. The predicted octanol–water partition coefficient (Wildman–Crippen LogP) is 10.1. The summed E-state index contributed by atoms with van der Waals surface area (Å²) < 4.78 is 3.35. The maximum absolute atomic E-state index is 4.67. The van der Waals surface area contributed by atoms with Gasteiger partial charge in [-0.15, -0.1) is 0 Å². The number of para-hydroxylation sites is 2. The summed E-state index contributed by atoms with van der Waals surface area (Å²) in [6.07, 6.45) is 3.69. The fraction of sp³-hybridized carbons (Fsp3) is 0. The first-order valence-corrected chi connectivity index (χ1v) is 14.3. The summed E-state index contributed by atoms with van der Waals surface area (Å²) in [7, 11) is 0. The van der Waals surface area contributed by atoms with Crippen molar-refractivity contribution < 1.29 is 0 Å². The van der Waals surface area contributed by atoms with E-state index in [0.29, 0.717) is 0 Å². The van der Waals surface area contributed by atoms with E-state index in [1.165, 1.54) is 21.8 Å². The number of halogens is 1. The molecule has 8 rings (SSSR count). The smallest absolute Gasteiger partial charge is 0.0723 e. The van der Waals surface area contributed by atoms with Crippen LogP contribution in [0.15, 0.2) is 144 Å². The number of nitrogens with zero attached hydrogens (tertiary/aromatic N) is 4. The molecule has 0 N–H and O–H groups in total. The van der Waals surface area contributed by atoms with Crippen molar-refractivity contribution in [2.45, 2.75) is 0 Å². The van der Waals surface area contributed by atoms with Crippen molar-refractivity contribution in [2.24, 2.45) is 0 Å². The molecule has 0 amide bonds. The van der Waals surface area contributed by atoms with Crippen LogP contribution in [0.3, 0.4) is 0 Å². The minimum atomic E-state index is 0.947. The number of pyridine rings is 2. The second-order valence-electron chi connectivity index (χ2n) is 10.0. The van der Waals surface area contributed by atoms with E-state index in [1.807, 2.05) is 24.5 Å². The fourth-order valence-corrected chi connectivity index (χ4v) is 6.61. The summed E-state index contributed by atoms with van der Waals surface area (Å²) >= 11 is 4.10. The van der Waals surface area contributed by atoms with Gasteiger partial charge >= 0.3 is 0 Å². The number of fused-ring (bicyclic) bond motifs is 5. The van der Waals surface area contributed by atoms with E-state index in [4.69, 9.17) is 0 Å². The molecule has 3 heterocycles. The van der Waals surface area contributed by atoms with Crippen molar-refractivity contribution in [1.29, 1.82) is 0 Å². The van der Waals surface area contributed by atoms with Gasteiger partial charge in [0.25, 0.3) is 0 Å². The molecule has 4 nitrogen and oxygen atoms in total. The van der Waals surface area contributed by atoms with E-state index in [0.717, 1.165) is 49.0 Å². The first kappa shape index (κ1) is 23.9. The average molecular weight is 592 g/mol. The minimum absolute atomic E-state index is 0.947. The zero-order chi connectivity index (χ0) is 27.3. The Morgan fingerprint density at radius 2 is 0.951 bits per heavy atom. The Bertz CT molecular complexity index is 2110. The van der Waals surface area contributed by atoms with Crippen LogP contribution < -0.4 is 4.90 Å². The van der Waals surface area contributed by atoms with Gasteiger partial charge in [-0.25, -0.2) is 0 Å². The second-order valence-corrected chi connectivity index (χ2v) is 10.8. The van der Waals surface area contributed by atoms with Gasteiger partial charge in [-0.2, -0.15) is 0 Å². The van der Waals surface area contributed by atoms with Crippen molar-refractivity contribution in [3.63, 3.8) is 0 Å². The monoisotopic (exact) mass is 590 g/mol. The summed E-state index contributed by atoms with van der Waals surface area (Å²) in [6, 6.07) is 44.6. The van der Waals surface area contributed by atoms with Crippen molar-refractivity contribution in [3.8, 4) is 5.69 Å². The summed E-state index contributed by atoms with van der Waals surface area (Å²) in [5.41, 5.74) is 8.42. The molecule has 0 aliphatic carbocycles. The molecular formula is C36H23BrN4. The molecule has 0 atom stereocenters. The standard InChI is InChI=1S/C36H23BrN4/c37-36-34(40-30-16-3-1-10-24(30)25-11-2-4-17-31(25)40)20-7-21-35(36)41(32-18-5-14-28-26(32)12-8-22-38-28)33-19-6-15-29-27(33)13-9-23-39-29/h1-23H. The van der Waals surface area contributed by atoms with Crippen LogP contribution >= 0.6 is 15.9 Å². The van der Waals surface area contributed by atoms with Crippen molar-refractivity contribution in [2.75, 3.05) is 4.90 Å². The number of aromatic nitrogens is 3. The Hall–Kier alpha value is -5.00. The van der Waals surface area contributed by atoms with Gasteiger partial charge in [0.2, 0.25) is 0 Å². The molecular weight excluding hydrogens is 568 g/mol. The normalized spacial score (nSPS) is 11.5. The quantitative estimate of drug-likeness (QED) is 0.204. The summed E-state index contributed by atoms with van der Waals surface area (Å²) in [5.74, 6) is 0. The molecule has 5 aromatic carbocycles. The zero-order valence-corrected chi connectivity index (χ0v) is 23.5. The van der Waals surface area contributed by atoms with E-state index in [-0.39, 0.29) is 0 Å². The third-order valence-electron chi connectivity index (χ3n) is 7.75. The molecule has 0 radical (unpaired) electrons. The highest BCUT2D eigenvalue weighted by Crippen LogP contribution is 2.46. The van der Waals surface area contributed by atoms with Crippen LogP contribution in [0.25, 0.3) is 49.3 Å². The third kappa shape index (κ3) is 3.74. The number of rotatable bonds is 4. The Morgan fingerprint density at radius 1 is 0.463 bits per heavy atom. The lowest BCUT2D eigenvalue weighted by Gasteiger charge is -2.29. The third-order valence-corrected chi connectivity index (χ3v) is 8.56. The van der Waals surface area contributed by atoms with Crippen LogP contribution in [0, 0.1) is 0 Å². The highest BCUT2D eigenvalue weighted by Gasteiger charge is 2.23. The summed E-state index contributed by atoms with van der Waals surface area (Å²) in [6.45, 7) is 0. The molecule has 194 valence electrons. The van der Waals surface area contributed by atoms with Crippen LogP contribution in [0.4, 0.5) is 17.1 Å². The topological polar surface area (TPSA) is 34.0 Å². The van der Waals surface area contributed by atoms with Gasteiger partial charge in [-0.3, -0.25) is 9.97 Å². The van der Waals surface area contributed by atoms with E-state index in [1.54, 1.807) is 0 Å². The minimum Gasteiger partial charge on any atom is -0.308 e. The second kappa shape index (κ2) is 9.58. The van der Waals surface area contributed by atoms with Crippen LogP contribution in [0.2, 0.25) is 0 Å². The molecule has 0 fully saturated rings. The van der Waals surface area contributed by atoms with Gasteiger partial charge in [0, 0.05) is 33.9 Å². The van der Waals surface area contributed by atoms with Crippen molar-refractivity contribution in [3.05, 3.63) is 144 Å². The highest BCUT2D eigenvalue weighted by atomic mass is 79.9. The van der Waals surface area contributed by atoms with Crippen molar-refractivity contribution in [1.82, 2.24) is 14.5 Å². The van der Waals surface area contributed by atoms with Gasteiger partial charge in [0.15, 0.2) is 0 Å². The van der Waals surface area contributed by atoms with Crippen molar-refractivity contribution >= 4 is 76.6 Å². The molecule has 0 aliphatic heterocycles. The molecule has 3 aromatic heterocycles. The molecule has 0 saturated heterocycles. The SMILES string of the molecule is Brc1c(N(c2cccc3ncccc23)c2cccc3ncccc23)cccc1-n1c2ccccc2c2ccccc21. The van der Waals surface area contributed by atoms with E-state index >= 15 is 0 Å². The number of benzene rings is 5. The van der Waals surface area contributed by atoms with Gasteiger partial charge in [-0.1, -0.05) is 54.6 Å². The highest BCUT2D eigenvalue weighted by molar-refractivity contribution is 9.10. The van der Waals surface area contributed by atoms with Crippen LogP contribution in [0.5, 0.6) is 0 Å². The van der Waals surface area contributed by atoms with E-state index in [9.17, 15) is 0 Å². The molecule has 5 heteroatoms. The lowest BCUT2D eigenvalue weighted by Crippen LogP contribution is -2.13. The number of anilines is 3. The zero-order valence-electron chi connectivity index (χ0n) is 21.9. The maximum Gasteiger partial charge on any atom is 0.0723 e. The molecule has 0 aliphatic rings. The summed E-state index contributed by atoms with van der Waals surface area (Å²) in [4.78, 5) is 11.7. The molecule has 8 aromatic rings. The Balaban J connectivity index is 1.46. The molecule has 0 unspecified atom stereocenters. The lowest BCUT2D eigenvalue weighted by atomic mass is 10.1. The van der Waals surface area contributed by atoms with E-state index < -0.39 is 0 Å². The largest absolute Gasteiger partial charge is 0.308 e. The first-order chi connectivity index (χ1) is 20.3. The predicted molar refractivity (Wildman–Crippen MR) is 174 cm³/mol. The number of hydrogen-bond acceptors (Lipinski definition) is 3. The van der Waals surface area contributed by atoms with E-state index in [2.05, 4.69) is 151 Å². The molecule has 0 spiro atoms. The van der Waals surface area contributed by atoms with Crippen LogP contribution in [-0.2, 0) is 0 Å². The average Bonchev–Trinajstić information content (AvgIpc) is 3.36. The fourth-order valence-electron chi connectivity index (χ4n) is 5.99. The summed E-state index contributed by atoms with van der Waals surface area (Å²) in [5, 5.41) is 4.62. The first-order valence-electron chi connectivity index (χ1n) is 13.5. The van der Waals surface area contributed by atoms with Crippen LogP contribution in [0.1, 0.15) is 0 Å². The van der Waals surface area contributed by atoms with Gasteiger partial charge < -0.3 is 9.47 Å². The molecule has 0 saturated carbocycles. The van der Waals surface area contributed by atoms with Gasteiger partial charge in [-0.05, 0) is 88.7 Å². The lowest BCUT2D eigenvalue weighted by molar-refractivity contribution is 1.16. The number of hydrogen-bond donors (Lipinski definition) is 0. The molecule has 41 heavy (non-hydrogen) atoms. The molecule has 0 bridgehead atoms. The van der Waals surface area contributed by atoms with Gasteiger partial charge in [0.1, 0.15) is 0 Å². The Labute approximate surface area is 245 Å². The Kier molecular flexibility index (Phi) is 5.57. The van der Waals surface area contributed by atoms with Crippen LogP contribution in [-0.4, -0.2) is 14.5 Å².